The Hall–Kier alpha value is -1.71. The van der Waals surface area contributed by atoms with Crippen LogP contribution in [0, 0.1) is 6.92 Å². The third kappa shape index (κ3) is 7.59. The minimum atomic E-state index is -4.25. The Kier molecular flexibility index (Phi) is 7.85. The Morgan fingerprint density at radius 3 is 2.00 bits per heavy atom. The number of nitrogens with zero attached hydrogens (tertiary/aromatic N) is 1. The van der Waals surface area contributed by atoms with Crippen molar-refractivity contribution < 1.29 is 13.2 Å². The van der Waals surface area contributed by atoms with Gasteiger partial charge < -0.3 is 4.90 Å². The lowest BCUT2D eigenvalue weighted by Gasteiger charge is -2.23. The first kappa shape index (κ1) is 19.3. The topological polar surface area (TPSA) is 3.24 Å². The number of halogens is 3. The Bertz CT molecular complexity index is 470. The highest BCUT2D eigenvalue weighted by molar-refractivity contribution is 5.63. The van der Waals surface area contributed by atoms with E-state index in [1.807, 2.05) is 45.0 Å². The predicted octanol–water partition coefficient (Wildman–Crippen LogP) is 5.78. The fourth-order valence-electron chi connectivity index (χ4n) is 1.61. The molecule has 0 aliphatic rings. The Balaban J connectivity index is 0.00000191. The summed E-state index contributed by atoms with van der Waals surface area (Å²) in [7, 11) is 0. The Morgan fingerprint density at radius 1 is 1.14 bits per heavy atom. The van der Waals surface area contributed by atoms with Crippen LogP contribution in [0.3, 0.4) is 0 Å². The van der Waals surface area contributed by atoms with E-state index in [0.29, 0.717) is 5.70 Å². The molecule has 4 heteroatoms. The molecule has 0 N–H and O–H groups in total. The molecule has 1 aromatic carbocycles. The smallest absolute Gasteiger partial charge is 0.343 e. The first-order chi connectivity index (χ1) is 9.69. The summed E-state index contributed by atoms with van der Waals surface area (Å²) in [4.78, 5) is 1.12. The van der Waals surface area contributed by atoms with Crippen molar-refractivity contribution in [3.63, 3.8) is 0 Å². The summed E-state index contributed by atoms with van der Waals surface area (Å²) in [6.45, 7) is 11.9. The highest BCUT2D eigenvalue weighted by Crippen LogP contribution is 2.22. The number of alkyl halides is 3. The molecule has 1 aromatic rings. The SMILES string of the molecule is C=C(C)N(/C=C(\C)c1ccc(C)cc1)CC(F)(F)F.CC. The molecule has 21 heavy (non-hydrogen) atoms. The maximum absolute atomic E-state index is 12.5. The van der Waals surface area contributed by atoms with Crippen LogP contribution in [0.5, 0.6) is 0 Å². The summed E-state index contributed by atoms with van der Waals surface area (Å²) >= 11 is 0. The number of aryl methyl sites for hydroxylation is 1. The molecule has 1 rings (SSSR count). The third-order valence-electron chi connectivity index (χ3n) is 2.70. The van der Waals surface area contributed by atoms with Gasteiger partial charge in [0, 0.05) is 11.9 Å². The first-order valence-electron chi connectivity index (χ1n) is 6.93. The fourth-order valence-corrected chi connectivity index (χ4v) is 1.61. The van der Waals surface area contributed by atoms with Crippen LogP contribution in [0.4, 0.5) is 13.2 Å². The lowest BCUT2D eigenvalue weighted by molar-refractivity contribution is -0.137. The Morgan fingerprint density at radius 2 is 1.62 bits per heavy atom. The van der Waals surface area contributed by atoms with Crippen molar-refractivity contribution in [2.75, 3.05) is 6.54 Å². The van der Waals surface area contributed by atoms with E-state index in [-0.39, 0.29) is 0 Å². The van der Waals surface area contributed by atoms with E-state index in [1.54, 1.807) is 13.8 Å². The molecule has 0 atom stereocenters. The zero-order valence-corrected chi connectivity index (χ0v) is 13.4. The van der Waals surface area contributed by atoms with Crippen LogP contribution in [0.25, 0.3) is 5.57 Å². The van der Waals surface area contributed by atoms with Crippen LogP contribution < -0.4 is 0 Å². The van der Waals surface area contributed by atoms with Gasteiger partial charge in [-0.2, -0.15) is 13.2 Å². The second-order valence-corrected chi connectivity index (χ2v) is 4.66. The molecular weight excluding hydrogens is 275 g/mol. The van der Waals surface area contributed by atoms with E-state index in [0.717, 1.165) is 21.6 Å². The molecule has 0 spiro atoms. The quantitative estimate of drug-likeness (QED) is 0.681. The lowest BCUT2D eigenvalue weighted by Crippen LogP contribution is -2.28. The zero-order valence-electron chi connectivity index (χ0n) is 13.4. The number of rotatable bonds is 4. The summed E-state index contributed by atoms with van der Waals surface area (Å²) in [5.41, 5.74) is 3.15. The normalized spacial score (nSPS) is 11.5. The predicted molar refractivity (Wildman–Crippen MR) is 83.8 cm³/mol. The summed E-state index contributed by atoms with van der Waals surface area (Å²) in [5, 5.41) is 0. The lowest BCUT2D eigenvalue weighted by atomic mass is 10.1. The van der Waals surface area contributed by atoms with Gasteiger partial charge in [-0.15, -0.1) is 0 Å². The highest BCUT2D eigenvalue weighted by Gasteiger charge is 2.30. The van der Waals surface area contributed by atoms with Gasteiger partial charge in [0.05, 0.1) is 0 Å². The molecule has 0 heterocycles. The van der Waals surface area contributed by atoms with Crippen LogP contribution in [0.1, 0.15) is 38.8 Å². The molecule has 0 amide bonds. The molecule has 0 saturated heterocycles. The fraction of sp³-hybridized carbons (Fsp3) is 0.412. The third-order valence-corrected chi connectivity index (χ3v) is 2.70. The van der Waals surface area contributed by atoms with Crippen LogP contribution >= 0.6 is 0 Å². The summed E-state index contributed by atoms with van der Waals surface area (Å²) in [6.07, 6.45) is -2.76. The summed E-state index contributed by atoms with van der Waals surface area (Å²) in [5.74, 6) is 0. The van der Waals surface area contributed by atoms with Crippen LogP contribution in [0.2, 0.25) is 0 Å². The standard InChI is InChI=1S/C15H18F3N.C2H6/c1-11(2)19(10-15(16,17)18)9-13(4)14-7-5-12(3)6-8-14;1-2/h5-9H,1,10H2,2-4H3;1-2H3/b13-9+;. The molecule has 0 aliphatic heterocycles. The van der Waals surface area contributed by atoms with Gasteiger partial charge in [0.2, 0.25) is 0 Å². The van der Waals surface area contributed by atoms with Crippen molar-refractivity contribution >= 4 is 5.57 Å². The summed E-state index contributed by atoms with van der Waals surface area (Å²) in [6, 6.07) is 7.65. The average molecular weight is 299 g/mol. The number of allylic oxidation sites excluding steroid dienone is 2. The van der Waals surface area contributed by atoms with Gasteiger partial charge in [0.1, 0.15) is 6.54 Å². The van der Waals surface area contributed by atoms with Crippen molar-refractivity contribution in [1.29, 1.82) is 0 Å². The highest BCUT2D eigenvalue weighted by atomic mass is 19.4. The van der Waals surface area contributed by atoms with Gasteiger partial charge in [-0.05, 0) is 31.9 Å². The monoisotopic (exact) mass is 299 g/mol. The van der Waals surface area contributed by atoms with Crippen molar-refractivity contribution in [2.45, 2.75) is 40.8 Å². The molecule has 0 fully saturated rings. The van der Waals surface area contributed by atoms with Crippen LogP contribution in [-0.4, -0.2) is 17.6 Å². The van der Waals surface area contributed by atoms with Gasteiger partial charge in [0.15, 0.2) is 0 Å². The number of hydrogen-bond acceptors (Lipinski definition) is 1. The number of hydrogen-bond donors (Lipinski definition) is 0. The molecule has 0 unspecified atom stereocenters. The zero-order chi connectivity index (χ0) is 16.6. The van der Waals surface area contributed by atoms with Gasteiger partial charge in [-0.3, -0.25) is 0 Å². The maximum Gasteiger partial charge on any atom is 0.406 e. The molecule has 0 radical (unpaired) electrons. The van der Waals surface area contributed by atoms with Crippen molar-refractivity contribution in [2.24, 2.45) is 0 Å². The maximum atomic E-state index is 12.5. The largest absolute Gasteiger partial charge is 0.406 e. The van der Waals surface area contributed by atoms with Gasteiger partial charge in [-0.1, -0.05) is 50.3 Å². The second-order valence-electron chi connectivity index (χ2n) is 4.66. The van der Waals surface area contributed by atoms with Gasteiger partial charge in [-0.25, -0.2) is 0 Å². The molecular formula is C17H24F3N. The van der Waals surface area contributed by atoms with Crippen molar-refractivity contribution in [3.8, 4) is 0 Å². The van der Waals surface area contributed by atoms with E-state index in [9.17, 15) is 13.2 Å². The van der Waals surface area contributed by atoms with E-state index in [2.05, 4.69) is 6.58 Å². The van der Waals surface area contributed by atoms with Crippen LogP contribution in [-0.2, 0) is 0 Å². The minimum Gasteiger partial charge on any atom is -0.343 e. The summed E-state index contributed by atoms with van der Waals surface area (Å²) < 4.78 is 37.4. The molecule has 0 aromatic heterocycles. The molecule has 0 aliphatic carbocycles. The molecule has 118 valence electrons. The van der Waals surface area contributed by atoms with Crippen LogP contribution in [0.15, 0.2) is 42.7 Å². The molecule has 0 bridgehead atoms. The van der Waals surface area contributed by atoms with E-state index in [4.69, 9.17) is 0 Å². The molecule has 0 saturated carbocycles. The first-order valence-corrected chi connectivity index (χ1v) is 6.93. The van der Waals surface area contributed by atoms with E-state index in [1.165, 1.54) is 6.20 Å². The molecule has 1 nitrogen and oxygen atoms in total. The van der Waals surface area contributed by atoms with E-state index >= 15 is 0 Å². The van der Waals surface area contributed by atoms with Crippen molar-refractivity contribution in [3.05, 3.63) is 53.9 Å². The van der Waals surface area contributed by atoms with Crippen molar-refractivity contribution in [1.82, 2.24) is 4.90 Å². The number of benzene rings is 1. The minimum absolute atomic E-state index is 0.365. The average Bonchev–Trinajstić information content (AvgIpc) is 2.39. The van der Waals surface area contributed by atoms with Gasteiger partial charge in [0.25, 0.3) is 0 Å². The van der Waals surface area contributed by atoms with Gasteiger partial charge >= 0.3 is 6.18 Å². The van der Waals surface area contributed by atoms with E-state index < -0.39 is 12.7 Å². The Labute approximate surface area is 125 Å². The second kappa shape index (κ2) is 8.55.